The molecule has 42 heavy (non-hydrogen) atoms. The van der Waals surface area contributed by atoms with E-state index >= 15 is 0 Å². The number of hydrogen-bond acceptors (Lipinski definition) is 6. The van der Waals surface area contributed by atoms with Crippen molar-refractivity contribution in [3.05, 3.63) is 123 Å². The molecular weight excluding hydrogens is 616 g/mol. The first-order chi connectivity index (χ1) is 20.5. The summed E-state index contributed by atoms with van der Waals surface area (Å²) < 4.78 is 12.2. The minimum Gasteiger partial charge on any atom is -0.493 e. The summed E-state index contributed by atoms with van der Waals surface area (Å²) in [5.41, 5.74) is 7.33. The average molecular weight is 648 g/mol. The van der Waals surface area contributed by atoms with E-state index in [1.807, 2.05) is 60.7 Å². The number of anilines is 1. The molecule has 0 aliphatic carbocycles. The lowest BCUT2D eigenvalue weighted by molar-refractivity contribution is 0.0955. The van der Waals surface area contributed by atoms with Gasteiger partial charge in [0.15, 0.2) is 11.5 Å². The fourth-order valence-corrected chi connectivity index (χ4v) is 5.44. The Bertz CT molecular complexity index is 1510. The fraction of sp³-hybridized carbons (Fsp3) is 0.212. The van der Waals surface area contributed by atoms with Gasteiger partial charge >= 0.3 is 0 Å². The number of piperazine rings is 1. The van der Waals surface area contributed by atoms with E-state index in [9.17, 15) is 4.79 Å². The lowest BCUT2D eigenvalue weighted by Crippen LogP contribution is -2.45. The SMILES string of the molecule is COc1cc(/C=N\NC(=O)c2ccc(CN3CCN(c4ccccc4)CC3)cc2)cc(Br)c1OCc1ccc(Cl)cc1. The minimum absolute atomic E-state index is 0.275. The van der Waals surface area contributed by atoms with E-state index in [4.69, 9.17) is 21.1 Å². The molecule has 0 aromatic heterocycles. The highest BCUT2D eigenvalue weighted by molar-refractivity contribution is 9.10. The summed E-state index contributed by atoms with van der Waals surface area (Å²) in [6.45, 7) is 5.23. The Morgan fingerprint density at radius 2 is 1.64 bits per heavy atom. The van der Waals surface area contributed by atoms with Crippen molar-refractivity contribution in [2.45, 2.75) is 13.2 Å². The Labute approximate surface area is 259 Å². The van der Waals surface area contributed by atoms with Crippen LogP contribution in [0.5, 0.6) is 11.5 Å². The smallest absolute Gasteiger partial charge is 0.271 e. The van der Waals surface area contributed by atoms with Gasteiger partial charge in [0.05, 0.1) is 17.8 Å². The average Bonchev–Trinajstić information content (AvgIpc) is 3.02. The van der Waals surface area contributed by atoms with E-state index in [0.717, 1.165) is 43.9 Å². The summed E-state index contributed by atoms with van der Waals surface area (Å²) in [7, 11) is 1.58. The van der Waals surface area contributed by atoms with Crippen molar-refractivity contribution >= 4 is 45.3 Å². The van der Waals surface area contributed by atoms with Gasteiger partial charge in [-0.1, -0.05) is 54.1 Å². The Morgan fingerprint density at radius 3 is 2.33 bits per heavy atom. The minimum atomic E-state index is -0.275. The third-order valence-electron chi connectivity index (χ3n) is 7.04. The molecule has 1 heterocycles. The zero-order valence-corrected chi connectivity index (χ0v) is 25.6. The molecule has 1 saturated heterocycles. The molecule has 4 aromatic rings. The number of hydrogen-bond donors (Lipinski definition) is 1. The topological polar surface area (TPSA) is 66.4 Å². The maximum absolute atomic E-state index is 12.7. The Balaban J connectivity index is 1.11. The van der Waals surface area contributed by atoms with Crippen molar-refractivity contribution in [2.24, 2.45) is 5.10 Å². The molecule has 0 bridgehead atoms. The second-order valence-corrected chi connectivity index (χ2v) is 11.2. The number of carbonyl (C=O) groups is 1. The highest BCUT2D eigenvalue weighted by Gasteiger charge is 2.17. The molecule has 7 nitrogen and oxygen atoms in total. The highest BCUT2D eigenvalue weighted by Crippen LogP contribution is 2.37. The van der Waals surface area contributed by atoms with Crippen LogP contribution in [-0.2, 0) is 13.2 Å². The monoisotopic (exact) mass is 646 g/mol. The van der Waals surface area contributed by atoms with Crippen LogP contribution in [0.1, 0.15) is 27.0 Å². The largest absolute Gasteiger partial charge is 0.493 e. The standard InChI is InChI=1S/C33H32BrClN4O3/c1-41-31-20-26(19-30(34)32(31)42-23-25-9-13-28(35)14-10-25)21-36-37-33(40)27-11-7-24(8-12-27)22-38-15-17-39(18-16-38)29-5-3-2-4-6-29/h2-14,19-21H,15-18,22-23H2,1H3,(H,37,40)/b36-21-. The maximum atomic E-state index is 12.7. The molecule has 5 rings (SSSR count). The van der Waals surface area contributed by atoms with Crippen molar-refractivity contribution < 1.29 is 14.3 Å². The van der Waals surface area contributed by atoms with Crippen LogP contribution in [0, 0.1) is 0 Å². The predicted octanol–water partition coefficient (Wildman–Crippen LogP) is 6.78. The van der Waals surface area contributed by atoms with Crippen molar-refractivity contribution in [1.29, 1.82) is 0 Å². The van der Waals surface area contributed by atoms with E-state index in [1.165, 1.54) is 11.3 Å². The van der Waals surface area contributed by atoms with Crippen LogP contribution in [0.4, 0.5) is 5.69 Å². The summed E-state index contributed by atoms with van der Waals surface area (Å²) in [4.78, 5) is 17.6. The van der Waals surface area contributed by atoms with E-state index in [0.29, 0.717) is 33.2 Å². The van der Waals surface area contributed by atoms with Gasteiger partial charge in [0.2, 0.25) is 0 Å². The van der Waals surface area contributed by atoms with Gasteiger partial charge in [-0.25, -0.2) is 5.43 Å². The number of carbonyl (C=O) groups excluding carboxylic acids is 1. The Kier molecular flexibility index (Phi) is 10.1. The van der Waals surface area contributed by atoms with Crippen LogP contribution >= 0.6 is 27.5 Å². The number of benzene rings is 4. The number of ether oxygens (including phenoxy) is 2. The van der Waals surface area contributed by atoms with Crippen molar-refractivity contribution in [3.8, 4) is 11.5 Å². The zero-order valence-electron chi connectivity index (χ0n) is 23.3. The first-order valence-electron chi connectivity index (χ1n) is 13.7. The molecule has 0 unspecified atom stereocenters. The highest BCUT2D eigenvalue weighted by atomic mass is 79.9. The van der Waals surface area contributed by atoms with Crippen molar-refractivity contribution in [2.75, 3.05) is 38.2 Å². The molecule has 1 fully saturated rings. The Hall–Kier alpha value is -3.85. The molecule has 1 N–H and O–H groups in total. The molecule has 4 aromatic carbocycles. The second-order valence-electron chi connectivity index (χ2n) is 9.94. The van der Waals surface area contributed by atoms with Gasteiger partial charge in [-0.2, -0.15) is 5.10 Å². The third kappa shape index (κ3) is 7.91. The molecule has 1 amide bonds. The van der Waals surface area contributed by atoms with E-state index < -0.39 is 0 Å². The summed E-state index contributed by atoms with van der Waals surface area (Å²) in [5, 5.41) is 4.82. The molecule has 0 radical (unpaired) electrons. The van der Waals surface area contributed by atoms with Gasteiger partial charge in [0.25, 0.3) is 5.91 Å². The van der Waals surface area contributed by atoms with Crippen LogP contribution in [0.15, 0.2) is 101 Å². The van der Waals surface area contributed by atoms with Crippen molar-refractivity contribution in [3.63, 3.8) is 0 Å². The summed E-state index contributed by atoms with van der Waals surface area (Å²) in [6, 6.07) is 29.3. The van der Waals surface area contributed by atoms with Crippen LogP contribution in [-0.4, -0.2) is 50.3 Å². The number of halogens is 2. The lowest BCUT2D eigenvalue weighted by Gasteiger charge is -2.36. The second kappa shape index (κ2) is 14.4. The molecule has 1 aliphatic heterocycles. The first-order valence-corrected chi connectivity index (χ1v) is 14.8. The maximum Gasteiger partial charge on any atom is 0.271 e. The molecule has 0 spiro atoms. The fourth-order valence-electron chi connectivity index (χ4n) is 4.74. The van der Waals surface area contributed by atoms with Gasteiger partial charge in [-0.3, -0.25) is 9.69 Å². The first kappa shape index (κ1) is 29.6. The molecule has 0 atom stereocenters. The van der Waals surface area contributed by atoms with Gasteiger partial charge in [-0.15, -0.1) is 0 Å². The van der Waals surface area contributed by atoms with Gasteiger partial charge in [0, 0.05) is 49.0 Å². The van der Waals surface area contributed by atoms with Crippen molar-refractivity contribution in [1.82, 2.24) is 10.3 Å². The zero-order chi connectivity index (χ0) is 29.3. The van der Waals surface area contributed by atoms with Crippen LogP contribution in [0.3, 0.4) is 0 Å². The summed E-state index contributed by atoms with van der Waals surface area (Å²) >= 11 is 9.52. The van der Waals surface area contributed by atoms with Crippen LogP contribution in [0.25, 0.3) is 0 Å². The summed E-state index contributed by atoms with van der Waals surface area (Å²) in [6.07, 6.45) is 1.57. The summed E-state index contributed by atoms with van der Waals surface area (Å²) in [5.74, 6) is 0.846. The van der Waals surface area contributed by atoms with Gasteiger partial charge in [0.1, 0.15) is 6.61 Å². The number of nitrogens with zero attached hydrogens (tertiary/aromatic N) is 3. The molecule has 9 heteroatoms. The normalized spacial score (nSPS) is 13.7. The Morgan fingerprint density at radius 1 is 0.952 bits per heavy atom. The van der Waals surface area contributed by atoms with Gasteiger partial charge < -0.3 is 14.4 Å². The number of methoxy groups -OCH3 is 1. The molecular formula is C33H32BrClN4O3. The van der Waals surface area contributed by atoms with E-state index in [2.05, 4.69) is 60.5 Å². The number of amides is 1. The number of hydrazone groups is 1. The number of para-hydroxylation sites is 1. The lowest BCUT2D eigenvalue weighted by atomic mass is 10.1. The van der Waals surface area contributed by atoms with E-state index in [1.54, 1.807) is 19.4 Å². The van der Waals surface area contributed by atoms with Gasteiger partial charge in [-0.05, 0) is 81.2 Å². The predicted molar refractivity (Wildman–Crippen MR) is 172 cm³/mol. The number of nitrogens with one attached hydrogen (secondary N) is 1. The third-order valence-corrected chi connectivity index (χ3v) is 7.88. The van der Waals surface area contributed by atoms with Crippen LogP contribution in [0.2, 0.25) is 5.02 Å². The molecule has 1 aliphatic rings. The molecule has 0 saturated carbocycles. The van der Waals surface area contributed by atoms with Crippen LogP contribution < -0.4 is 19.8 Å². The molecule has 216 valence electrons. The number of rotatable bonds is 10. The quantitative estimate of drug-likeness (QED) is 0.152. The van der Waals surface area contributed by atoms with E-state index in [-0.39, 0.29) is 5.91 Å².